The summed E-state index contributed by atoms with van der Waals surface area (Å²) in [6, 6.07) is 11.8. The van der Waals surface area contributed by atoms with Gasteiger partial charge in [0.15, 0.2) is 0 Å². The van der Waals surface area contributed by atoms with Crippen LogP contribution in [0.4, 0.5) is 11.4 Å². The van der Waals surface area contributed by atoms with E-state index in [0.717, 1.165) is 11.3 Å². The predicted molar refractivity (Wildman–Crippen MR) is 89.1 cm³/mol. The summed E-state index contributed by atoms with van der Waals surface area (Å²) in [4.78, 5) is 35.6. The summed E-state index contributed by atoms with van der Waals surface area (Å²) in [6.45, 7) is 0. The third kappa shape index (κ3) is 3.12. The Bertz CT molecular complexity index is 830. The molecule has 1 aliphatic rings. The Kier molecular flexibility index (Phi) is 4.29. The molecule has 0 bridgehead atoms. The Balaban J connectivity index is 1.84. The molecule has 2 aromatic rings. The number of aryl methyl sites for hydroxylation is 1. The molecule has 122 valence electrons. The van der Waals surface area contributed by atoms with Gasteiger partial charge in [-0.1, -0.05) is 12.1 Å². The number of hydrogen-bond acceptors (Lipinski definition) is 4. The van der Waals surface area contributed by atoms with Gasteiger partial charge in [0.2, 0.25) is 5.91 Å². The van der Waals surface area contributed by atoms with E-state index in [1.54, 1.807) is 42.5 Å². The van der Waals surface area contributed by atoms with Crippen LogP contribution in [0.2, 0.25) is 0 Å². The summed E-state index contributed by atoms with van der Waals surface area (Å²) < 4.78 is 4.72. The molecule has 0 spiro atoms. The van der Waals surface area contributed by atoms with Crippen molar-refractivity contribution in [2.24, 2.45) is 0 Å². The van der Waals surface area contributed by atoms with Gasteiger partial charge in [-0.05, 0) is 42.3 Å². The van der Waals surface area contributed by atoms with Crippen LogP contribution in [-0.2, 0) is 16.0 Å². The number of fused-ring (bicyclic) bond motifs is 1. The van der Waals surface area contributed by atoms with E-state index in [1.807, 2.05) is 0 Å². The number of carbonyl (C=O) groups excluding carboxylic acids is 3. The van der Waals surface area contributed by atoms with Gasteiger partial charge in [0.05, 0.1) is 18.4 Å². The van der Waals surface area contributed by atoms with Crippen LogP contribution in [0.1, 0.15) is 32.7 Å². The first-order valence-electron chi connectivity index (χ1n) is 7.50. The number of hydrogen-bond donors (Lipinski definition) is 2. The Labute approximate surface area is 138 Å². The second-order valence-corrected chi connectivity index (χ2v) is 5.41. The molecule has 3 rings (SSSR count). The first-order chi connectivity index (χ1) is 11.6. The molecule has 1 heterocycles. The third-order valence-electron chi connectivity index (χ3n) is 3.84. The maximum absolute atomic E-state index is 12.5. The number of amides is 2. The van der Waals surface area contributed by atoms with Gasteiger partial charge >= 0.3 is 5.97 Å². The highest BCUT2D eigenvalue weighted by Crippen LogP contribution is 2.24. The molecule has 0 aliphatic carbocycles. The van der Waals surface area contributed by atoms with Gasteiger partial charge in [-0.15, -0.1) is 0 Å². The van der Waals surface area contributed by atoms with E-state index in [9.17, 15) is 14.4 Å². The van der Waals surface area contributed by atoms with Gasteiger partial charge in [0.1, 0.15) is 0 Å². The van der Waals surface area contributed by atoms with E-state index in [-0.39, 0.29) is 11.8 Å². The molecule has 1 aliphatic heterocycles. The molecule has 0 saturated carbocycles. The Hall–Kier alpha value is -3.15. The first kappa shape index (κ1) is 15.7. The lowest BCUT2D eigenvalue weighted by Crippen LogP contribution is -2.20. The average molecular weight is 324 g/mol. The van der Waals surface area contributed by atoms with E-state index in [0.29, 0.717) is 29.7 Å². The number of anilines is 2. The smallest absolute Gasteiger partial charge is 0.339 e. The van der Waals surface area contributed by atoms with Gasteiger partial charge in [0.25, 0.3) is 5.91 Å². The quantitative estimate of drug-likeness (QED) is 0.850. The van der Waals surface area contributed by atoms with Gasteiger partial charge in [-0.2, -0.15) is 0 Å². The fourth-order valence-electron chi connectivity index (χ4n) is 2.60. The molecule has 0 radical (unpaired) electrons. The summed E-state index contributed by atoms with van der Waals surface area (Å²) >= 11 is 0. The van der Waals surface area contributed by atoms with E-state index < -0.39 is 5.97 Å². The number of benzene rings is 2. The molecule has 0 unspecified atom stereocenters. The van der Waals surface area contributed by atoms with Gasteiger partial charge in [0, 0.05) is 17.7 Å². The van der Waals surface area contributed by atoms with E-state index in [4.69, 9.17) is 4.74 Å². The van der Waals surface area contributed by atoms with Crippen molar-refractivity contribution in [3.05, 3.63) is 59.2 Å². The van der Waals surface area contributed by atoms with Crippen molar-refractivity contribution < 1.29 is 19.1 Å². The number of carbonyl (C=O) groups is 3. The minimum Gasteiger partial charge on any atom is -0.465 e. The molecule has 0 aromatic heterocycles. The van der Waals surface area contributed by atoms with Crippen molar-refractivity contribution in [1.29, 1.82) is 0 Å². The highest BCUT2D eigenvalue weighted by atomic mass is 16.5. The molecule has 2 aromatic carbocycles. The van der Waals surface area contributed by atoms with Crippen LogP contribution in [0.25, 0.3) is 0 Å². The average Bonchev–Trinajstić information content (AvgIpc) is 2.61. The van der Waals surface area contributed by atoms with Gasteiger partial charge in [-0.3, -0.25) is 9.59 Å². The molecule has 0 fully saturated rings. The van der Waals surface area contributed by atoms with Crippen LogP contribution in [-0.4, -0.2) is 24.9 Å². The fraction of sp³-hybridized carbons (Fsp3) is 0.167. The minimum absolute atomic E-state index is 0.0216. The molecule has 24 heavy (non-hydrogen) atoms. The van der Waals surface area contributed by atoms with Crippen LogP contribution in [0, 0.1) is 0 Å². The molecule has 6 nitrogen and oxygen atoms in total. The summed E-state index contributed by atoms with van der Waals surface area (Å²) in [6.07, 6.45) is 1.00. The van der Waals surface area contributed by atoms with Crippen molar-refractivity contribution in [3.8, 4) is 0 Å². The molecule has 2 N–H and O–H groups in total. The molecule has 0 saturated heterocycles. The SMILES string of the molecule is COC(=O)c1ccccc1NC(=O)c1ccc2c(c1)CCC(=O)N2. The lowest BCUT2D eigenvalue weighted by atomic mass is 10.00. The monoisotopic (exact) mass is 324 g/mol. The second kappa shape index (κ2) is 6.54. The number of para-hydroxylation sites is 1. The Morgan fingerprint density at radius 3 is 2.71 bits per heavy atom. The van der Waals surface area contributed by atoms with E-state index in [2.05, 4.69) is 10.6 Å². The van der Waals surface area contributed by atoms with Gasteiger partial charge in [-0.25, -0.2) is 4.79 Å². The van der Waals surface area contributed by atoms with Crippen molar-refractivity contribution in [1.82, 2.24) is 0 Å². The van der Waals surface area contributed by atoms with Gasteiger partial charge < -0.3 is 15.4 Å². The van der Waals surface area contributed by atoms with Crippen molar-refractivity contribution >= 4 is 29.2 Å². The maximum atomic E-state index is 12.5. The molecule has 6 heteroatoms. The van der Waals surface area contributed by atoms with Crippen LogP contribution >= 0.6 is 0 Å². The van der Waals surface area contributed by atoms with Crippen LogP contribution < -0.4 is 10.6 Å². The predicted octanol–water partition coefficient (Wildman–Crippen LogP) is 2.61. The number of ether oxygens (including phenoxy) is 1. The zero-order chi connectivity index (χ0) is 17.1. The number of methoxy groups -OCH3 is 1. The molecule has 0 atom stereocenters. The maximum Gasteiger partial charge on any atom is 0.339 e. The van der Waals surface area contributed by atoms with Crippen molar-refractivity contribution in [2.45, 2.75) is 12.8 Å². The second-order valence-electron chi connectivity index (χ2n) is 5.41. The summed E-state index contributed by atoms with van der Waals surface area (Å²) in [7, 11) is 1.29. The van der Waals surface area contributed by atoms with Crippen molar-refractivity contribution in [2.75, 3.05) is 17.7 Å². The lowest BCUT2D eigenvalue weighted by molar-refractivity contribution is -0.116. The lowest BCUT2D eigenvalue weighted by Gasteiger charge is -2.17. The van der Waals surface area contributed by atoms with E-state index >= 15 is 0 Å². The van der Waals surface area contributed by atoms with Crippen LogP contribution in [0.3, 0.4) is 0 Å². The summed E-state index contributed by atoms with van der Waals surface area (Å²) in [5.74, 6) is -0.864. The zero-order valence-corrected chi connectivity index (χ0v) is 13.1. The highest BCUT2D eigenvalue weighted by Gasteiger charge is 2.18. The standard InChI is InChI=1S/C18H16N2O4/c1-24-18(23)13-4-2-3-5-15(13)20-17(22)12-6-8-14-11(10-12)7-9-16(21)19-14/h2-6,8,10H,7,9H2,1H3,(H,19,21)(H,20,22). The zero-order valence-electron chi connectivity index (χ0n) is 13.1. The molecule has 2 amide bonds. The Morgan fingerprint density at radius 2 is 1.92 bits per heavy atom. The van der Waals surface area contributed by atoms with Crippen molar-refractivity contribution in [3.63, 3.8) is 0 Å². The topological polar surface area (TPSA) is 84.5 Å². The summed E-state index contributed by atoms with van der Waals surface area (Å²) in [5.41, 5.74) is 2.80. The van der Waals surface area contributed by atoms with E-state index in [1.165, 1.54) is 7.11 Å². The highest BCUT2D eigenvalue weighted by molar-refractivity contribution is 6.08. The minimum atomic E-state index is -0.515. The molecular weight excluding hydrogens is 308 g/mol. The molecular formula is C18H16N2O4. The third-order valence-corrected chi connectivity index (χ3v) is 3.84. The number of nitrogens with one attached hydrogen (secondary N) is 2. The Morgan fingerprint density at radius 1 is 1.12 bits per heavy atom. The number of esters is 1. The first-order valence-corrected chi connectivity index (χ1v) is 7.50. The normalized spacial score (nSPS) is 12.8. The van der Waals surface area contributed by atoms with Crippen LogP contribution in [0.5, 0.6) is 0 Å². The number of rotatable bonds is 3. The largest absolute Gasteiger partial charge is 0.465 e. The van der Waals surface area contributed by atoms with Crippen LogP contribution in [0.15, 0.2) is 42.5 Å². The fourth-order valence-corrected chi connectivity index (χ4v) is 2.60. The summed E-state index contributed by atoms with van der Waals surface area (Å²) in [5, 5.41) is 5.51.